The molecule has 7 heteroatoms. The molecule has 0 saturated heterocycles. The Hall–Kier alpha value is -1.33. The number of nitrogens with zero attached hydrogens (tertiary/aromatic N) is 1. The number of rotatable bonds is 6. The van der Waals surface area contributed by atoms with Crippen LogP contribution in [0.15, 0.2) is 12.1 Å². The lowest BCUT2D eigenvalue weighted by molar-refractivity contribution is -0.137. The van der Waals surface area contributed by atoms with Gasteiger partial charge in [0.15, 0.2) is 0 Å². The molecule has 1 aromatic rings. The Bertz CT molecular complexity index is 549. The molecule has 0 fully saturated rings. The van der Waals surface area contributed by atoms with Crippen molar-refractivity contribution in [1.82, 2.24) is 4.90 Å². The van der Waals surface area contributed by atoms with Crippen molar-refractivity contribution in [2.75, 3.05) is 6.54 Å². The van der Waals surface area contributed by atoms with Crippen molar-refractivity contribution in [2.24, 2.45) is 0 Å². The monoisotopic (exact) mass is 335 g/mol. The molecule has 0 aliphatic heterocycles. The van der Waals surface area contributed by atoms with Gasteiger partial charge >= 0.3 is 5.97 Å². The molecular weight excluding hydrogens is 320 g/mol. The molecule has 1 rings (SSSR count). The molecule has 21 heavy (non-hydrogen) atoms. The van der Waals surface area contributed by atoms with Crippen LogP contribution in [0.5, 0.6) is 0 Å². The van der Waals surface area contributed by atoms with E-state index in [1.807, 2.05) is 0 Å². The number of hydrogen-bond acceptors (Lipinski definition) is 2. The van der Waals surface area contributed by atoms with E-state index in [9.17, 15) is 14.0 Å². The molecule has 0 saturated carbocycles. The molecule has 4 nitrogen and oxygen atoms in total. The molecule has 0 aliphatic rings. The topological polar surface area (TPSA) is 57.6 Å². The number of aliphatic carboxylic acids is 1. The smallest absolute Gasteiger partial charge is 0.303 e. The third kappa shape index (κ3) is 4.86. The Morgan fingerprint density at radius 2 is 1.90 bits per heavy atom. The van der Waals surface area contributed by atoms with E-state index in [1.54, 1.807) is 13.8 Å². The molecule has 0 radical (unpaired) electrons. The van der Waals surface area contributed by atoms with Gasteiger partial charge in [-0.25, -0.2) is 4.39 Å². The molecule has 0 atom stereocenters. The van der Waals surface area contributed by atoms with E-state index in [-0.39, 0.29) is 34.6 Å². The van der Waals surface area contributed by atoms with Crippen LogP contribution < -0.4 is 0 Å². The number of carbonyl (C=O) groups is 2. The van der Waals surface area contributed by atoms with Crippen LogP contribution in [0.3, 0.4) is 0 Å². The SMILES string of the molecule is CC(C)N(CCCC(=O)O)C(=O)c1cc(F)c(Cl)cc1Cl. The largest absolute Gasteiger partial charge is 0.481 e. The van der Waals surface area contributed by atoms with Crippen LogP contribution in [0.1, 0.15) is 37.0 Å². The predicted octanol–water partition coefficient (Wildman–Crippen LogP) is 3.85. The summed E-state index contributed by atoms with van der Waals surface area (Å²) in [5, 5.41) is 8.55. The average Bonchev–Trinajstić information content (AvgIpc) is 2.37. The fourth-order valence-corrected chi connectivity index (χ4v) is 2.30. The van der Waals surface area contributed by atoms with Crippen LogP contribution >= 0.6 is 23.2 Å². The van der Waals surface area contributed by atoms with Crippen LogP contribution in [0.2, 0.25) is 10.0 Å². The molecule has 0 bridgehead atoms. The van der Waals surface area contributed by atoms with Crippen LogP contribution in [-0.2, 0) is 4.79 Å². The van der Waals surface area contributed by atoms with Gasteiger partial charge in [0.2, 0.25) is 0 Å². The van der Waals surface area contributed by atoms with Crippen molar-refractivity contribution in [3.05, 3.63) is 33.6 Å². The first-order valence-electron chi connectivity index (χ1n) is 6.41. The molecule has 1 amide bonds. The second kappa shape index (κ2) is 7.61. The maximum atomic E-state index is 13.5. The van der Waals surface area contributed by atoms with E-state index in [0.29, 0.717) is 6.42 Å². The molecule has 116 valence electrons. The number of benzene rings is 1. The van der Waals surface area contributed by atoms with Crippen LogP contribution in [0.4, 0.5) is 4.39 Å². The Morgan fingerprint density at radius 1 is 1.29 bits per heavy atom. The lowest BCUT2D eigenvalue weighted by Crippen LogP contribution is -2.38. The zero-order valence-electron chi connectivity index (χ0n) is 11.7. The van der Waals surface area contributed by atoms with Gasteiger partial charge in [-0.05, 0) is 32.4 Å². The van der Waals surface area contributed by atoms with Gasteiger partial charge in [-0.1, -0.05) is 23.2 Å². The number of halogens is 3. The summed E-state index contributed by atoms with van der Waals surface area (Å²) >= 11 is 11.5. The van der Waals surface area contributed by atoms with Crippen molar-refractivity contribution in [3.8, 4) is 0 Å². The van der Waals surface area contributed by atoms with Crippen molar-refractivity contribution in [3.63, 3.8) is 0 Å². The third-order valence-electron chi connectivity index (χ3n) is 2.91. The Kier molecular flexibility index (Phi) is 6.42. The minimum Gasteiger partial charge on any atom is -0.481 e. The Balaban J connectivity index is 2.96. The van der Waals surface area contributed by atoms with Crippen molar-refractivity contribution < 1.29 is 19.1 Å². The number of carboxylic acids is 1. The van der Waals surface area contributed by atoms with E-state index in [4.69, 9.17) is 28.3 Å². The summed E-state index contributed by atoms with van der Waals surface area (Å²) in [6, 6.07) is 2.02. The highest BCUT2D eigenvalue weighted by atomic mass is 35.5. The van der Waals surface area contributed by atoms with Crippen LogP contribution in [-0.4, -0.2) is 34.5 Å². The molecule has 0 spiro atoms. The van der Waals surface area contributed by atoms with Gasteiger partial charge in [-0.15, -0.1) is 0 Å². The summed E-state index contributed by atoms with van der Waals surface area (Å²) in [5.41, 5.74) is 0.0163. The Morgan fingerprint density at radius 3 is 2.43 bits per heavy atom. The number of hydrogen-bond donors (Lipinski definition) is 1. The summed E-state index contributed by atoms with van der Waals surface area (Å²) < 4.78 is 13.5. The number of carbonyl (C=O) groups excluding carboxylic acids is 1. The van der Waals surface area contributed by atoms with E-state index in [1.165, 1.54) is 11.0 Å². The fraction of sp³-hybridized carbons (Fsp3) is 0.429. The van der Waals surface area contributed by atoms with Crippen LogP contribution in [0, 0.1) is 5.82 Å². The number of carboxylic acid groups (broad SMARTS) is 1. The van der Waals surface area contributed by atoms with Gasteiger partial charge in [0, 0.05) is 19.0 Å². The second-order valence-electron chi connectivity index (χ2n) is 4.84. The highest BCUT2D eigenvalue weighted by molar-refractivity contribution is 6.36. The van der Waals surface area contributed by atoms with Crippen molar-refractivity contribution in [1.29, 1.82) is 0 Å². The standard InChI is InChI=1S/C14H16Cl2FNO3/c1-8(2)18(5-3-4-13(19)20)14(21)9-6-12(17)11(16)7-10(9)15/h6-8H,3-5H2,1-2H3,(H,19,20). The second-order valence-corrected chi connectivity index (χ2v) is 5.65. The summed E-state index contributed by atoms with van der Waals surface area (Å²) in [6.45, 7) is 3.83. The van der Waals surface area contributed by atoms with Gasteiger partial charge in [-0.2, -0.15) is 0 Å². The minimum absolute atomic E-state index is 0.0163. The minimum atomic E-state index is -0.929. The van der Waals surface area contributed by atoms with Crippen molar-refractivity contribution >= 4 is 35.1 Å². The highest BCUT2D eigenvalue weighted by Crippen LogP contribution is 2.26. The van der Waals surface area contributed by atoms with E-state index in [2.05, 4.69) is 0 Å². The molecule has 0 aliphatic carbocycles. The van der Waals surface area contributed by atoms with E-state index >= 15 is 0 Å². The normalized spacial score (nSPS) is 10.8. The fourth-order valence-electron chi connectivity index (χ4n) is 1.84. The molecular formula is C14H16Cl2FNO3. The van der Waals surface area contributed by atoms with Gasteiger partial charge < -0.3 is 10.0 Å². The van der Waals surface area contributed by atoms with Gasteiger partial charge in [0.1, 0.15) is 5.82 Å². The van der Waals surface area contributed by atoms with Gasteiger partial charge in [0.05, 0.1) is 15.6 Å². The first-order chi connectivity index (χ1) is 9.73. The molecule has 0 heterocycles. The first kappa shape index (κ1) is 17.7. The predicted molar refractivity (Wildman–Crippen MR) is 79.5 cm³/mol. The zero-order valence-corrected chi connectivity index (χ0v) is 13.2. The van der Waals surface area contributed by atoms with E-state index in [0.717, 1.165) is 6.07 Å². The molecule has 0 aromatic heterocycles. The Labute approximate surface area is 132 Å². The van der Waals surface area contributed by atoms with Crippen LogP contribution in [0.25, 0.3) is 0 Å². The van der Waals surface area contributed by atoms with Crippen molar-refractivity contribution in [2.45, 2.75) is 32.7 Å². The first-order valence-corrected chi connectivity index (χ1v) is 7.17. The molecule has 1 aromatic carbocycles. The average molecular weight is 336 g/mol. The summed E-state index contributed by atoms with van der Waals surface area (Å²) in [5.74, 6) is -2.10. The third-order valence-corrected chi connectivity index (χ3v) is 3.52. The molecule has 0 unspecified atom stereocenters. The lowest BCUT2D eigenvalue weighted by atomic mass is 10.1. The summed E-state index contributed by atoms with van der Waals surface area (Å²) in [6.07, 6.45) is 0.270. The van der Waals surface area contributed by atoms with Gasteiger partial charge in [-0.3, -0.25) is 9.59 Å². The quantitative estimate of drug-likeness (QED) is 0.803. The number of amides is 1. The zero-order chi connectivity index (χ0) is 16.2. The highest BCUT2D eigenvalue weighted by Gasteiger charge is 2.22. The maximum Gasteiger partial charge on any atom is 0.303 e. The maximum absolute atomic E-state index is 13.5. The molecule has 1 N–H and O–H groups in total. The summed E-state index contributed by atoms with van der Waals surface area (Å²) in [7, 11) is 0. The van der Waals surface area contributed by atoms with E-state index < -0.39 is 17.7 Å². The summed E-state index contributed by atoms with van der Waals surface area (Å²) in [4.78, 5) is 24.4. The van der Waals surface area contributed by atoms with Gasteiger partial charge in [0.25, 0.3) is 5.91 Å². The lowest BCUT2D eigenvalue weighted by Gasteiger charge is -2.27.